The molecular formula is C28H33F3N8O3S. The third kappa shape index (κ3) is 6.40. The highest BCUT2D eigenvalue weighted by atomic mass is 32.2. The van der Waals surface area contributed by atoms with Crippen LogP contribution in [0.1, 0.15) is 42.5 Å². The molecule has 1 aliphatic carbocycles. The number of carbonyl (C=O) groups is 1. The van der Waals surface area contributed by atoms with Gasteiger partial charge in [0.05, 0.1) is 29.4 Å². The number of halogens is 3. The van der Waals surface area contributed by atoms with Crippen LogP contribution < -0.4 is 19.8 Å². The maximum Gasteiger partial charge on any atom is 0.259 e. The van der Waals surface area contributed by atoms with Gasteiger partial charge in [-0.3, -0.25) is 14.2 Å². The second kappa shape index (κ2) is 11.0. The standard InChI is InChI=1S/C28H33F3N8O3S/c1-37-16-23(34-36-37)19-5-6-25(32-26(19)38-9-7-28(30,31)8-10-38)33-27(40)20-12-21(29)22(35-43(2,41)42)13-24(20)39-14-17-3-4-18(11-17)15-39/h5-6,12-13,16-18,35H,3-4,7-11,14-15H2,1-2H3,(H,32,33,40). The van der Waals surface area contributed by atoms with Crippen LogP contribution in [0, 0.1) is 17.7 Å². The van der Waals surface area contributed by atoms with Crippen LogP contribution in [0.2, 0.25) is 0 Å². The molecule has 3 aromatic rings. The van der Waals surface area contributed by atoms with Gasteiger partial charge in [0.25, 0.3) is 11.8 Å². The molecule has 0 radical (unpaired) electrons. The minimum Gasteiger partial charge on any atom is -0.370 e. The van der Waals surface area contributed by atoms with E-state index in [4.69, 9.17) is 0 Å². The summed E-state index contributed by atoms with van der Waals surface area (Å²) in [5, 5.41) is 10.9. The van der Waals surface area contributed by atoms with Crippen molar-refractivity contribution in [3.05, 3.63) is 41.8 Å². The van der Waals surface area contributed by atoms with E-state index < -0.39 is 27.7 Å². The quantitative estimate of drug-likeness (QED) is 0.406. The zero-order valence-corrected chi connectivity index (χ0v) is 24.7. The number of benzene rings is 1. The second-order valence-corrected chi connectivity index (χ2v) is 13.6. The molecule has 230 valence electrons. The molecule has 43 heavy (non-hydrogen) atoms. The molecule has 3 fully saturated rings. The third-order valence-electron chi connectivity index (χ3n) is 8.36. The van der Waals surface area contributed by atoms with Crippen molar-refractivity contribution in [2.75, 3.05) is 52.3 Å². The van der Waals surface area contributed by atoms with Crippen LogP contribution in [0.3, 0.4) is 0 Å². The second-order valence-electron chi connectivity index (χ2n) is 11.8. The molecule has 2 bridgehead atoms. The average molecular weight is 619 g/mol. The van der Waals surface area contributed by atoms with E-state index in [0.29, 0.717) is 47.7 Å². The summed E-state index contributed by atoms with van der Waals surface area (Å²) in [5.41, 5.74) is 1.30. The van der Waals surface area contributed by atoms with E-state index in [1.165, 1.54) is 10.7 Å². The Bertz CT molecular complexity index is 1640. The molecule has 2 aliphatic heterocycles. The van der Waals surface area contributed by atoms with Gasteiger partial charge in [-0.25, -0.2) is 26.6 Å². The zero-order valence-electron chi connectivity index (χ0n) is 23.9. The van der Waals surface area contributed by atoms with Crippen LogP contribution in [-0.4, -0.2) is 72.7 Å². The lowest BCUT2D eigenvalue weighted by atomic mass is 9.97. The van der Waals surface area contributed by atoms with Gasteiger partial charge in [-0.2, -0.15) is 0 Å². The number of nitrogens with zero attached hydrogens (tertiary/aromatic N) is 6. The Labute approximate surface area is 247 Å². The maximum atomic E-state index is 15.2. The molecule has 1 amide bonds. The Hall–Kier alpha value is -3.88. The SMILES string of the molecule is Cn1cc(-c2ccc(NC(=O)c3cc(F)c(NS(C)(=O)=O)cc3N3CC4CCC(C4)C3)nc2N2CCC(F)(F)CC2)nn1. The van der Waals surface area contributed by atoms with Crippen LogP contribution in [0.25, 0.3) is 11.3 Å². The van der Waals surface area contributed by atoms with Crippen LogP contribution in [0.15, 0.2) is 30.5 Å². The van der Waals surface area contributed by atoms with Crippen molar-refractivity contribution in [2.24, 2.45) is 18.9 Å². The third-order valence-corrected chi connectivity index (χ3v) is 8.95. The molecule has 2 aromatic heterocycles. The first-order valence-corrected chi connectivity index (χ1v) is 16.1. The van der Waals surface area contributed by atoms with Crippen molar-refractivity contribution < 1.29 is 26.4 Å². The van der Waals surface area contributed by atoms with Gasteiger partial charge in [-0.05, 0) is 55.4 Å². The van der Waals surface area contributed by atoms with Gasteiger partial charge in [0, 0.05) is 51.6 Å². The first-order chi connectivity index (χ1) is 20.3. The molecule has 2 N–H and O–H groups in total. The van der Waals surface area contributed by atoms with Crippen molar-refractivity contribution in [1.29, 1.82) is 0 Å². The predicted molar refractivity (Wildman–Crippen MR) is 156 cm³/mol. The number of fused-ring (bicyclic) bond motifs is 2. The molecule has 2 unspecified atom stereocenters. The van der Waals surface area contributed by atoms with Crippen molar-refractivity contribution in [1.82, 2.24) is 20.0 Å². The van der Waals surface area contributed by atoms with E-state index in [9.17, 15) is 22.0 Å². The molecule has 1 saturated carbocycles. The highest BCUT2D eigenvalue weighted by Crippen LogP contribution is 2.41. The minimum absolute atomic E-state index is 0.0387. The normalized spacial score (nSPS) is 21.6. The lowest BCUT2D eigenvalue weighted by Gasteiger charge is -2.35. The fraction of sp³-hybridized carbons (Fsp3) is 0.500. The predicted octanol–water partition coefficient (Wildman–Crippen LogP) is 4.11. The first-order valence-electron chi connectivity index (χ1n) is 14.2. The summed E-state index contributed by atoms with van der Waals surface area (Å²) in [7, 11) is -2.06. The number of alkyl halides is 2. The van der Waals surface area contributed by atoms with E-state index in [1.807, 2.05) is 4.90 Å². The molecule has 4 heterocycles. The Kier molecular flexibility index (Phi) is 7.47. The summed E-state index contributed by atoms with van der Waals surface area (Å²) in [5.74, 6) is -2.87. The van der Waals surface area contributed by atoms with Gasteiger partial charge in [0.15, 0.2) is 0 Å². The largest absolute Gasteiger partial charge is 0.370 e. The molecule has 1 aromatic carbocycles. The number of rotatable bonds is 7. The molecular weight excluding hydrogens is 585 g/mol. The number of carbonyl (C=O) groups excluding carboxylic acids is 1. The number of hydrogen-bond donors (Lipinski definition) is 2. The number of pyridine rings is 1. The maximum absolute atomic E-state index is 15.2. The van der Waals surface area contributed by atoms with E-state index in [2.05, 4.69) is 25.3 Å². The van der Waals surface area contributed by atoms with E-state index in [0.717, 1.165) is 31.6 Å². The summed E-state index contributed by atoms with van der Waals surface area (Å²) < 4.78 is 70.6. The van der Waals surface area contributed by atoms with Gasteiger partial charge in [0.2, 0.25) is 10.0 Å². The lowest BCUT2D eigenvalue weighted by molar-refractivity contribution is -0.0221. The number of piperidine rings is 2. The Morgan fingerprint density at radius 2 is 1.77 bits per heavy atom. The average Bonchev–Trinajstić information content (AvgIpc) is 3.52. The molecule has 15 heteroatoms. The van der Waals surface area contributed by atoms with Gasteiger partial charge < -0.3 is 15.1 Å². The van der Waals surface area contributed by atoms with Crippen LogP contribution in [0.5, 0.6) is 0 Å². The highest BCUT2D eigenvalue weighted by molar-refractivity contribution is 7.92. The van der Waals surface area contributed by atoms with E-state index in [1.54, 1.807) is 30.3 Å². The van der Waals surface area contributed by atoms with E-state index >= 15 is 4.39 Å². The topological polar surface area (TPSA) is 125 Å². The zero-order chi connectivity index (χ0) is 30.5. The van der Waals surface area contributed by atoms with E-state index in [-0.39, 0.29) is 43.0 Å². The molecule has 6 rings (SSSR count). The number of hydrogen-bond acceptors (Lipinski definition) is 8. The molecule has 2 atom stereocenters. The number of aromatic nitrogens is 4. The number of amides is 1. The van der Waals surface area contributed by atoms with Gasteiger partial charge >= 0.3 is 0 Å². The van der Waals surface area contributed by atoms with Crippen molar-refractivity contribution in [2.45, 2.75) is 38.0 Å². The smallest absolute Gasteiger partial charge is 0.259 e. The number of sulfonamides is 1. The fourth-order valence-corrected chi connectivity index (χ4v) is 6.90. The van der Waals surface area contributed by atoms with Crippen LogP contribution in [0.4, 0.5) is 36.2 Å². The van der Waals surface area contributed by atoms with Crippen molar-refractivity contribution in [3.63, 3.8) is 0 Å². The monoisotopic (exact) mass is 618 g/mol. The van der Waals surface area contributed by atoms with Crippen LogP contribution in [-0.2, 0) is 17.1 Å². The number of nitrogens with one attached hydrogen (secondary N) is 2. The van der Waals surface area contributed by atoms with Gasteiger partial charge in [-0.1, -0.05) is 5.21 Å². The van der Waals surface area contributed by atoms with Crippen LogP contribution >= 0.6 is 0 Å². The van der Waals surface area contributed by atoms with Gasteiger partial charge in [0.1, 0.15) is 23.1 Å². The number of aryl methyl sites for hydroxylation is 1. The first kappa shape index (κ1) is 29.2. The summed E-state index contributed by atoms with van der Waals surface area (Å²) in [6.45, 7) is 1.48. The fourth-order valence-electron chi connectivity index (χ4n) is 6.35. The molecule has 3 aliphatic rings. The minimum atomic E-state index is -3.77. The summed E-state index contributed by atoms with van der Waals surface area (Å²) in [6, 6.07) is 5.68. The molecule has 2 saturated heterocycles. The summed E-state index contributed by atoms with van der Waals surface area (Å²) in [4.78, 5) is 22.1. The van der Waals surface area contributed by atoms with Crippen molar-refractivity contribution >= 4 is 38.9 Å². The summed E-state index contributed by atoms with van der Waals surface area (Å²) in [6.07, 6.45) is 5.20. The molecule has 11 nitrogen and oxygen atoms in total. The Balaban J connectivity index is 1.34. The van der Waals surface area contributed by atoms with Crippen molar-refractivity contribution in [3.8, 4) is 11.3 Å². The summed E-state index contributed by atoms with van der Waals surface area (Å²) >= 11 is 0. The van der Waals surface area contributed by atoms with Gasteiger partial charge in [-0.15, -0.1) is 5.10 Å². The highest BCUT2D eigenvalue weighted by Gasteiger charge is 2.36. The molecule has 0 spiro atoms. The Morgan fingerprint density at radius 3 is 2.40 bits per heavy atom. The lowest BCUT2D eigenvalue weighted by Crippen LogP contribution is -2.40. The Morgan fingerprint density at radius 1 is 1.07 bits per heavy atom. The number of anilines is 4.